The van der Waals surface area contributed by atoms with E-state index < -0.39 is 0 Å². The molecule has 0 N–H and O–H groups in total. The smallest absolute Gasteiger partial charge is 0.225 e. The van der Waals surface area contributed by atoms with Gasteiger partial charge >= 0.3 is 0 Å². The fraction of sp³-hybridized carbons (Fsp3) is 0.568. The van der Waals surface area contributed by atoms with Crippen LogP contribution in [0, 0.1) is 23.7 Å². The molecule has 5 rings (SSSR count). The van der Waals surface area contributed by atoms with Crippen molar-refractivity contribution in [1.82, 2.24) is 9.80 Å². The number of carbonyl (C=O) groups excluding carboxylic acids is 1. The number of unbranched alkanes of at least 4 members (excludes halogenated alkanes) is 2. The van der Waals surface area contributed by atoms with Crippen LogP contribution in [0.15, 0.2) is 78.9 Å². The highest BCUT2D eigenvalue weighted by Crippen LogP contribution is 2.36. The van der Waals surface area contributed by atoms with Gasteiger partial charge < -0.3 is 14.4 Å². The number of para-hydroxylation sites is 1. The van der Waals surface area contributed by atoms with Crippen molar-refractivity contribution in [3.05, 3.63) is 90.0 Å². The normalized spacial score (nSPS) is 19.4. The lowest BCUT2D eigenvalue weighted by atomic mass is 9.78. The van der Waals surface area contributed by atoms with Crippen LogP contribution in [0.5, 0.6) is 17.2 Å². The summed E-state index contributed by atoms with van der Waals surface area (Å²) in [6, 6.07) is 27.3. The Balaban J connectivity index is 1.33. The van der Waals surface area contributed by atoms with Crippen molar-refractivity contribution in [1.29, 1.82) is 0 Å². The molecule has 5 heteroatoms. The van der Waals surface area contributed by atoms with Gasteiger partial charge in [0.2, 0.25) is 5.91 Å². The van der Waals surface area contributed by atoms with Crippen molar-refractivity contribution in [3.63, 3.8) is 0 Å². The first kappa shape index (κ1) is 37.0. The quantitative estimate of drug-likeness (QED) is 0.135. The van der Waals surface area contributed by atoms with Crippen molar-refractivity contribution in [3.8, 4) is 17.2 Å². The Morgan fingerprint density at radius 2 is 1.53 bits per heavy atom. The first-order valence-electron chi connectivity index (χ1n) is 19.4. The molecule has 0 spiro atoms. The molecular weight excluding hydrogens is 604 g/mol. The average molecular weight is 667 g/mol. The maximum atomic E-state index is 14.7. The number of amides is 1. The summed E-state index contributed by atoms with van der Waals surface area (Å²) in [7, 11) is 1.72. The molecule has 1 heterocycles. The molecule has 1 saturated heterocycles. The van der Waals surface area contributed by atoms with Crippen molar-refractivity contribution >= 4 is 5.91 Å². The summed E-state index contributed by atoms with van der Waals surface area (Å²) in [6.45, 7) is 10.8. The molecule has 1 saturated carbocycles. The third kappa shape index (κ3) is 11.4. The second-order valence-electron chi connectivity index (χ2n) is 15.2. The van der Waals surface area contributed by atoms with Gasteiger partial charge in [-0.15, -0.1) is 0 Å². The van der Waals surface area contributed by atoms with E-state index in [9.17, 15) is 4.79 Å². The molecule has 3 aromatic rings. The molecule has 1 amide bonds. The molecule has 2 fully saturated rings. The molecule has 5 nitrogen and oxygen atoms in total. The van der Waals surface area contributed by atoms with Gasteiger partial charge in [-0.05, 0) is 130 Å². The van der Waals surface area contributed by atoms with E-state index in [1.165, 1.54) is 49.7 Å². The number of likely N-dealkylation sites (tertiary alicyclic amines) is 1. The largest absolute Gasteiger partial charge is 0.497 e. The van der Waals surface area contributed by atoms with Gasteiger partial charge in [-0.1, -0.05) is 88.9 Å². The molecule has 1 aliphatic carbocycles. The van der Waals surface area contributed by atoms with Gasteiger partial charge in [-0.25, -0.2) is 0 Å². The van der Waals surface area contributed by atoms with Crippen LogP contribution in [0.1, 0.15) is 103 Å². The van der Waals surface area contributed by atoms with Gasteiger partial charge in [-0.2, -0.15) is 0 Å². The van der Waals surface area contributed by atoms with Gasteiger partial charge in [0.25, 0.3) is 0 Å². The zero-order chi connectivity index (χ0) is 34.4. The van der Waals surface area contributed by atoms with Gasteiger partial charge in [0.15, 0.2) is 0 Å². The number of nitrogens with zero attached hydrogens (tertiary/aromatic N) is 2. The summed E-state index contributed by atoms with van der Waals surface area (Å²) in [6.07, 6.45) is 14.0. The lowest BCUT2D eigenvalue weighted by Crippen LogP contribution is -2.51. The van der Waals surface area contributed by atoms with Crippen LogP contribution >= 0.6 is 0 Å². The number of carbonyl (C=O) groups is 1. The van der Waals surface area contributed by atoms with Crippen LogP contribution < -0.4 is 9.47 Å². The Kier molecular flexibility index (Phi) is 14.5. The third-order valence-corrected chi connectivity index (χ3v) is 11.1. The van der Waals surface area contributed by atoms with E-state index in [4.69, 9.17) is 9.47 Å². The predicted octanol–water partition coefficient (Wildman–Crippen LogP) is 10.6. The van der Waals surface area contributed by atoms with Gasteiger partial charge in [0.1, 0.15) is 17.2 Å². The number of hydrogen-bond acceptors (Lipinski definition) is 4. The summed E-state index contributed by atoms with van der Waals surface area (Å²) in [5.41, 5.74) is 2.58. The Hall–Kier alpha value is -3.31. The van der Waals surface area contributed by atoms with E-state index in [2.05, 4.69) is 73.0 Å². The Morgan fingerprint density at radius 1 is 0.816 bits per heavy atom. The zero-order valence-electron chi connectivity index (χ0n) is 30.8. The first-order chi connectivity index (χ1) is 23.9. The van der Waals surface area contributed by atoms with Crippen LogP contribution in [-0.2, 0) is 17.8 Å². The molecule has 0 bridgehead atoms. The molecule has 49 heavy (non-hydrogen) atoms. The molecule has 266 valence electrons. The number of rotatable bonds is 17. The highest BCUT2D eigenvalue weighted by atomic mass is 16.5. The number of benzene rings is 3. The molecule has 1 aliphatic heterocycles. The summed E-state index contributed by atoms with van der Waals surface area (Å²) in [5.74, 6) is 5.02. The van der Waals surface area contributed by atoms with E-state index in [1.54, 1.807) is 7.11 Å². The molecule has 1 unspecified atom stereocenters. The lowest BCUT2D eigenvalue weighted by Gasteiger charge is -2.43. The lowest BCUT2D eigenvalue weighted by molar-refractivity contribution is -0.141. The molecule has 0 aromatic heterocycles. The minimum Gasteiger partial charge on any atom is -0.497 e. The SMILES string of the molecule is CCCCCC1CCC(C(=O)N(CCC(C)C)C(Cc2cccc(Oc3ccccc3)c2)C2CCN(Cc3ccc(OC)cc3)CC2)CC1. The van der Waals surface area contributed by atoms with Crippen LogP contribution in [0.25, 0.3) is 0 Å². The number of ether oxygens (including phenoxy) is 2. The summed E-state index contributed by atoms with van der Waals surface area (Å²) in [5, 5.41) is 0. The fourth-order valence-corrected chi connectivity index (χ4v) is 8.07. The number of piperidine rings is 1. The van der Waals surface area contributed by atoms with Crippen molar-refractivity contribution in [2.45, 2.75) is 110 Å². The van der Waals surface area contributed by atoms with Crippen molar-refractivity contribution in [2.75, 3.05) is 26.7 Å². The van der Waals surface area contributed by atoms with E-state index >= 15 is 0 Å². The van der Waals surface area contributed by atoms with E-state index in [0.717, 1.165) is 87.9 Å². The second-order valence-corrected chi connectivity index (χ2v) is 15.2. The zero-order valence-corrected chi connectivity index (χ0v) is 30.8. The maximum absolute atomic E-state index is 14.7. The van der Waals surface area contributed by atoms with Crippen LogP contribution in [0.4, 0.5) is 0 Å². The highest BCUT2D eigenvalue weighted by Gasteiger charge is 2.37. The summed E-state index contributed by atoms with van der Waals surface area (Å²) >= 11 is 0. The molecule has 0 radical (unpaired) electrons. The maximum Gasteiger partial charge on any atom is 0.225 e. The second kappa shape index (κ2) is 19.2. The monoisotopic (exact) mass is 666 g/mol. The minimum absolute atomic E-state index is 0.167. The summed E-state index contributed by atoms with van der Waals surface area (Å²) < 4.78 is 11.6. The average Bonchev–Trinajstić information content (AvgIpc) is 3.13. The van der Waals surface area contributed by atoms with E-state index in [1.807, 2.05) is 36.4 Å². The van der Waals surface area contributed by atoms with Crippen LogP contribution in [0.3, 0.4) is 0 Å². The summed E-state index contributed by atoms with van der Waals surface area (Å²) in [4.78, 5) is 19.7. The van der Waals surface area contributed by atoms with Gasteiger partial charge in [0, 0.05) is 25.0 Å². The van der Waals surface area contributed by atoms with Crippen molar-refractivity contribution < 1.29 is 14.3 Å². The Labute approximate surface area is 297 Å². The van der Waals surface area contributed by atoms with Crippen LogP contribution in [0.2, 0.25) is 0 Å². The number of hydrogen-bond donors (Lipinski definition) is 0. The first-order valence-corrected chi connectivity index (χ1v) is 19.4. The van der Waals surface area contributed by atoms with Gasteiger partial charge in [0.05, 0.1) is 7.11 Å². The Morgan fingerprint density at radius 3 is 2.20 bits per heavy atom. The van der Waals surface area contributed by atoms with Gasteiger partial charge in [-0.3, -0.25) is 9.69 Å². The molecule has 3 aromatic carbocycles. The van der Waals surface area contributed by atoms with Crippen molar-refractivity contribution in [2.24, 2.45) is 23.7 Å². The fourth-order valence-electron chi connectivity index (χ4n) is 8.07. The predicted molar refractivity (Wildman–Crippen MR) is 202 cm³/mol. The molecule has 2 aliphatic rings. The molecule has 1 atom stereocenters. The van der Waals surface area contributed by atoms with E-state index in [-0.39, 0.29) is 12.0 Å². The standard InChI is InChI=1S/C44H62N2O3/c1-5-6-8-12-35-17-21-39(22-18-35)44(47)46(30-25-34(2)3)43(32-37-13-11-16-42(31-37)49-41-14-9-7-10-15-41)38-26-28-45(29-27-38)33-36-19-23-40(48-4)24-20-36/h7,9-11,13-16,19-20,23-24,31,34-35,38-39,43H,5-6,8,12,17-18,21-22,25-30,32-33H2,1-4H3. The Bertz CT molecular complexity index is 1370. The minimum atomic E-state index is 0.167. The number of methoxy groups -OCH3 is 1. The molecular formula is C44H62N2O3. The van der Waals surface area contributed by atoms with E-state index in [0.29, 0.717) is 17.7 Å². The highest BCUT2D eigenvalue weighted by molar-refractivity contribution is 5.79. The topological polar surface area (TPSA) is 42.0 Å². The van der Waals surface area contributed by atoms with Crippen LogP contribution in [-0.4, -0.2) is 48.5 Å². The third-order valence-electron chi connectivity index (χ3n) is 11.1.